The molecule has 1 N–H and O–H groups in total. The molecular weight excluding hydrogens is 192 g/mol. The molecule has 0 spiro atoms. The van der Waals surface area contributed by atoms with Gasteiger partial charge in [0.15, 0.2) is 0 Å². The quantitative estimate of drug-likeness (QED) is 0.821. The summed E-state index contributed by atoms with van der Waals surface area (Å²) < 4.78 is 10.8. The first kappa shape index (κ1) is 10.6. The van der Waals surface area contributed by atoms with Gasteiger partial charge in [-0.3, -0.25) is 0 Å². The number of hydrogen-bond donors (Lipinski definition) is 1. The van der Waals surface area contributed by atoms with Gasteiger partial charge in [0.1, 0.15) is 11.5 Å². The molecule has 0 aromatic carbocycles. The first-order chi connectivity index (χ1) is 7.25. The number of rotatable bonds is 3. The zero-order valence-corrected chi connectivity index (χ0v) is 9.32. The summed E-state index contributed by atoms with van der Waals surface area (Å²) in [7, 11) is 0. The molecule has 1 aliphatic rings. The molecule has 2 unspecified atom stereocenters. The molecule has 0 bridgehead atoms. The van der Waals surface area contributed by atoms with E-state index in [1.807, 2.05) is 13.0 Å². The molecule has 2 heterocycles. The summed E-state index contributed by atoms with van der Waals surface area (Å²) in [6, 6.07) is 1.92. The van der Waals surface area contributed by atoms with Crippen LogP contribution in [0.25, 0.3) is 0 Å². The van der Waals surface area contributed by atoms with E-state index in [-0.39, 0.29) is 0 Å². The van der Waals surface area contributed by atoms with Crippen LogP contribution in [0.15, 0.2) is 10.6 Å². The second-order valence-electron chi connectivity index (χ2n) is 4.25. The van der Waals surface area contributed by atoms with Crippen molar-refractivity contribution in [3.05, 3.63) is 17.5 Å². The summed E-state index contributed by atoms with van der Waals surface area (Å²) in [6.45, 7) is 6.72. The van der Waals surface area contributed by atoms with Crippen LogP contribution in [0.1, 0.15) is 24.8 Å². The lowest BCUT2D eigenvalue weighted by molar-refractivity contribution is -0.00883. The van der Waals surface area contributed by atoms with E-state index in [2.05, 4.69) is 17.4 Å². The fourth-order valence-electron chi connectivity index (χ4n) is 1.86. The van der Waals surface area contributed by atoms with Crippen molar-refractivity contribution in [1.82, 2.24) is 10.5 Å². The van der Waals surface area contributed by atoms with Crippen LogP contribution in [0, 0.1) is 12.8 Å². The van der Waals surface area contributed by atoms with Crippen LogP contribution in [-0.2, 0) is 11.3 Å². The minimum absolute atomic E-state index is 0.302. The average molecular weight is 210 g/mol. The molecule has 1 aliphatic heterocycles. The third-order valence-corrected chi connectivity index (χ3v) is 2.88. The zero-order chi connectivity index (χ0) is 10.7. The Morgan fingerprint density at radius 2 is 2.53 bits per heavy atom. The molecule has 0 radical (unpaired) electrons. The molecule has 84 valence electrons. The predicted molar refractivity (Wildman–Crippen MR) is 56.5 cm³/mol. The first-order valence-corrected chi connectivity index (χ1v) is 5.50. The maximum atomic E-state index is 5.81. The lowest BCUT2D eigenvalue weighted by atomic mass is 9.97. The largest absolute Gasteiger partial charge is 0.370 e. The molecule has 15 heavy (non-hydrogen) atoms. The second-order valence-corrected chi connectivity index (χ2v) is 4.25. The molecule has 4 heteroatoms. The van der Waals surface area contributed by atoms with Crippen LogP contribution in [0.4, 0.5) is 0 Å². The van der Waals surface area contributed by atoms with E-state index in [0.717, 1.165) is 24.5 Å². The summed E-state index contributed by atoms with van der Waals surface area (Å²) in [6.07, 6.45) is 1.48. The molecule has 0 amide bonds. The second kappa shape index (κ2) is 4.77. The Labute approximate surface area is 90.0 Å². The highest BCUT2D eigenvalue weighted by atomic mass is 16.5. The van der Waals surface area contributed by atoms with Crippen molar-refractivity contribution in [3.63, 3.8) is 0 Å². The van der Waals surface area contributed by atoms with Crippen LogP contribution in [0.2, 0.25) is 0 Å². The van der Waals surface area contributed by atoms with Gasteiger partial charge in [-0.2, -0.15) is 0 Å². The monoisotopic (exact) mass is 210 g/mol. The van der Waals surface area contributed by atoms with Crippen molar-refractivity contribution >= 4 is 0 Å². The van der Waals surface area contributed by atoms with E-state index in [9.17, 15) is 0 Å². The zero-order valence-electron chi connectivity index (χ0n) is 9.32. The van der Waals surface area contributed by atoms with E-state index in [1.54, 1.807) is 0 Å². The standard InChI is InChI=1S/C11H18N2O2/c1-8-3-4-12-6-11(8)14-7-10-5-9(2)15-13-10/h5,8,11-12H,3-4,6-7H2,1-2H3. The predicted octanol–water partition coefficient (Wildman–Crippen LogP) is 1.50. The molecule has 1 aromatic rings. The van der Waals surface area contributed by atoms with Gasteiger partial charge >= 0.3 is 0 Å². The summed E-state index contributed by atoms with van der Waals surface area (Å²) in [5, 5.41) is 7.24. The van der Waals surface area contributed by atoms with Gasteiger partial charge in [-0.15, -0.1) is 0 Å². The highest BCUT2D eigenvalue weighted by Crippen LogP contribution is 2.16. The molecule has 2 rings (SSSR count). The third kappa shape index (κ3) is 2.79. The number of ether oxygens (including phenoxy) is 1. The maximum Gasteiger partial charge on any atom is 0.134 e. The molecule has 4 nitrogen and oxygen atoms in total. The first-order valence-electron chi connectivity index (χ1n) is 5.50. The minimum atomic E-state index is 0.302. The molecule has 2 atom stereocenters. The van der Waals surface area contributed by atoms with Crippen LogP contribution in [0.5, 0.6) is 0 Å². The Balaban J connectivity index is 1.81. The van der Waals surface area contributed by atoms with E-state index in [0.29, 0.717) is 18.6 Å². The van der Waals surface area contributed by atoms with Gasteiger partial charge in [0.2, 0.25) is 0 Å². The SMILES string of the molecule is Cc1cc(COC2CNCCC2C)no1. The van der Waals surface area contributed by atoms with Crippen molar-refractivity contribution in [2.45, 2.75) is 33.0 Å². The van der Waals surface area contributed by atoms with Gasteiger partial charge in [-0.05, 0) is 25.8 Å². The van der Waals surface area contributed by atoms with Gasteiger partial charge in [-0.25, -0.2) is 0 Å². The Hall–Kier alpha value is -0.870. The van der Waals surface area contributed by atoms with Gasteiger partial charge in [0.05, 0.1) is 12.7 Å². The van der Waals surface area contributed by atoms with Crippen molar-refractivity contribution in [3.8, 4) is 0 Å². The highest BCUT2D eigenvalue weighted by Gasteiger charge is 2.21. The molecule has 1 fully saturated rings. The topological polar surface area (TPSA) is 47.3 Å². The molecule has 1 aromatic heterocycles. The van der Waals surface area contributed by atoms with Crippen molar-refractivity contribution in [2.24, 2.45) is 5.92 Å². The Morgan fingerprint density at radius 3 is 3.20 bits per heavy atom. The lowest BCUT2D eigenvalue weighted by Crippen LogP contribution is -2.40. The van der Waals surface area contributed by atoms with Crippen LogP contribution < -0.4 is 5.32 Å². The number of nitrogens with one attached hydrogen (secondary N) is 1. The normalized spacial score (nSPS) is 26.8. The number of aryl methyl sites for hydroxylation is 1. The van der Waals surface area contributed by atoms with E-state index >= 15 is 0 Å². The van der Waals surface area contributed by atoms with Crippen molar-refractivity contribution in [1.29, 1.82) is 0 Å². The molecular formula is C11H18N2O2. The van der Waals surface area contributed by atoms with Gasteiger partial charge in [0, 0.05) is 12.6 Å². The smallest absolute Gasteiger partial charge is 0.134 e. The third-order valence-electron chi connectivity index (χ3n) is 2.88. The minimum Gasteiger partial charge on any atom is -0.370 e. The van der Waals surface area contributed by atoms with Crippen LogP contribution in [-0.4, -0.2) is 24.4 Å². The maximum absolute atomic E-state index is 5.81. The summed E-state index contributed by atoms with van der Waals surface area (Å²) in [5.41, 5.74) is 0.880. The van der Waals surface area contributed by atoms with Crippen molar-refractivity contribution < 1.29 is 9.26 Å². The highest BCUT2D eigenvalue weighted by molar-refractivity contribution is 5.02. The summed E-state index contributed by atoms with van der Waals surface area (Å²) in [5.74, 6) is 1.46. The summed E-state index contributed by atoms with van der Waals surface area (Å²) in [4.78, 5) is 0. The van der Waals surface area contributed by atoms with Gasteiger partial charge in [-0.1, -0.05) is 12.1 Å². The summed E-state index contributed by atoms with van der Waals surface area (Å²) >= 11 is 0. The Morgan fingerprint density at radius 1 is 1.67 bits per heavy atom. The molecule has 0 aliphatic carbocycles. The Bertz CT molecular complexity index is 311. The van der Waals surface area contributed by atoms with E-state index < -0.39 is 0 Å². The molecule has 1 saturated heterocycles. The average Bonchev–Trinajstić information content (AvgIpc) is 2.63. The van der Waals surface area contributed by atoms with Gasteiger partial charge in [0.25, 0.3) is 0 Å². The molecule has 0 saturated carbocycles. The Kier molecular flexibility index (Phi) is 3.38. The van der Waals surface area contributed by atoms with Crippen molar-refractivity contribution in [2.75, 3.05) is 13.1 Å². The lowest BCUT2D eigenvalue weighted by Gasteiger charge is -2.29. The fraction of sp³-hybridized carbons (Fsp3) is 0.727. The van der Waals surface area contributed by atoms with Crippen LogP contribution >= 0.6 is 0 Å². The van der Waals surface area contributed by atoms with E-state index in [1.165, 1.54) is 6.42 Å². The van der Waals surface area contributed by atoms with E-state index in [4.69, 9.17) is 9.26 Å². The number of nitrogens with zero attached hydrogens (tertiary/aromatic N) is 1. The van der Waals surface area contributed by atoms with Crippen LogP contribution in [0.3, 0.4) is 0 Å². The number of aromatic nitrogens is 1. The van der Waals surface area contributed by atoms with Gasteiger partial charge < -0.3 is 14.6 Å². The number of hydrogen-bond acceptors (Lipinski definition) is 4. The number of piperidine rings is 1. The fourth-order valence-corrected chi connectivity index (χ4v) is 1.86.